The maximum atomic E-state index is 10.1. The lowest BCUT2D eigenvalue weighted by Crippen LogP contribution is -1.91. The van der Waals surface area contributed by atoms with Gasteiger partial charge in [-0.3, -0.25) is 0 Å². The van der Waals surface area contributed by atoms with E-state index in [4.69, 9.17) is 9.47 Å². The molecule has 3 nitrogen and oxygen atoms in total. The molecule has 96 valence electrons. The predicted molar refractivity (Wildman–Crippen MR) is 76.2 cm³/mol. The molecule has 0 aliphatic rings. The van der Waals surface area contributed by atoms with Crippen molar-refractivity contribution in [2.24, 2.45) is 0 Å². The molecule has 0 saturated carbocycles. The van der Waals surface area contributed by atoms with Crippen molar-refractivity contribution in [1.82, 2.24) is 0 Å². The highest BCUT2D eigenvalue weighted by Crippen LogP contribution is 2.38. The first-order valence-corrected chi connectivity index (χ1v) is 6.01. The van der Waals surface area contributed by atoms with Crippen LogP contribution in [0.15, 0.2) is 42.5 Å². The van der Waals surface area contributed by atoms with Crippen LogP contribution in [0.2, 0.25) is 0 Å². The van der Waals surface area contributed by atoms with Crippen LogP contribution < -0.4 is 9.47 Å². The maximum Gasteiger partial charge on any atom is 0.161 e. The third kappa shape index (κ3) is 1.74. The molecule has 0 amide bonds. The summed E-state index contributed by atoms with van der Waals surface area (Å²) in [6.45, 7) is 0. The Bertz CT molecular complexity index is 763. The average molecular weight is 254 g/mol. The van der Waals surface area contributed by atoms with E-state index in [1.165, 1.54) is 0 Å². The van der Waals surface area contributed by atoms with Crippen LogP contribution in [0.25, 0.3) is 21.5 Å². The molecule has 0 radical (unpaired) electrons. The zero-order valence-electron chi connectivity index (χ0n) is 10.8. The lowest BCUT2D eigenvalue weighted by atomic mass is 10.0. The van der Waals surface area contributed by atoms with Gasteiger partial charge in [-0.05, 0) is 34.4 Å². The number of aromatic hydroxyl groups is 1. The van der Waals surface area contributed by atoms with Crippen molar-refractivity contribution in [3.8, 4) is 17.2 Å². The van der Waals surface area contributed by atoms with E-state index in [2.05, 4.69) is 0 Å². The monoisotopic (exact) mass is 254 g/mol. The zero-order valence-corrected chi connectivity index (χ0v) is 10.8. The predicted octanol–water partition coefficient (Wildman–Crippen LogP) is 3.72. The van der Waals surface area contributed by atoms with Gasteiger partial charge in [0.1, 0.15) is 5.75 Å². The fraction of sp³-hybridized carbons (Fsp3) is 0.125. The summed E-state index contributed by atoms with van der Waals surface area (Å²) in [7, 11) is 3.22. The molecular formula is C16H14O3. The maximum absolute atomic E-state index is 10.1. The molecule has 0 aromatic heterocycles. The Balaban J connectivity index is 2.47. The van der Waals surface area contributed by atoms with Crippen molar-refractivity contribution in [3.63, 3.8) is 0 Å². The Hall–Kier alpha value is -2.42. The quantitative estimate of drug-likeness (QED) is 0.708. The molecule has 0 bridgehead atoms. The van der Waals surface area contributed by atoms with Crippen LogP contribution in [0.3, 0.4) is 0 Å². The van der Waals surface area contributed by atoms with Crippen LogP contribution in [0.5, 0.6) is 17.2 Å². The number of rotatable bonds is 2. The summed E-state index contributed by atoms with van der Waals surface area (Å²) in [4.78, 5) is 0. The van der Waals surface area contributed by atoms with Gasteiger partial charge in [-0.2, -0.15) is 0 Å². The third-order valence-corrected chi connectivity index (χ3v) is 3.34. The molecule has 0 unspecified atom stereocenters. The van der Waals surface area contributed by atoms with Crippen LogP contribution in [0.4, 0.5) is 0 Å². The Kier molecular flexibility index (Phi) is 2.67. The van der Waals surface area contributed by atoms with E-state index in [0.717, 1.165) is 21.5 Å². The van der Waals surface area contributed by atoms with E-state index in [1.54, 1.807) is 20.3 Å². The first-order valence-electron chi connectivity index (χ1n) is 6.01. The van der Waals surface area contributed by atoms with Crippen LogP contribution in [0, 0.1) is 0 Å². The fourth-order valence-corrected chi connectivity index (χ4v) is 2.41. The van der Waals surface area contributed by atoms with E-state index < -0.39 is 0 Å². The highest BCUT2D eigenvalue weighted by atomic mass is 16.5. The summed E-state index contributed by atoms with van der Waals surface area (Å²) in [5.41, 5.74) is 0. The topological polar surface area (TPSA) is 38.7 Å². The lowest BCUT2D eigenvalue weighted by molar-refractivity contribution is 0.356. The summed E-state index contributed by atoms with van der Waals surface area (Å²) in [5, 5.41) is 13.9. The van der Waals surface area contributed by atoms with E-state index in [9.17, 15) is 5.11 Å². The van der Waals surface area contributed by atoms with Crippen molar-refractivity contribution in [2.45, 2.75) is 0 Å². The number of hydrogen-bond donors (Lipinski definition) is 1. The number of phenolic OH excluding ortho intramolecular Hbond substituents is 1. The van der Waals surface area contributed by atoms with Crippen LogP contribution in [-0.4, -0.2) is 19.3 Å². The SMILES string of the molecule is COc1cc2cc(O)c3ccccc3c2cc1OC. The number of phenols is 1. The molecule has 0 saturated heterocycles. The second kappa shape index (κ2) is 4.35. The molecule has 19 heavy (non-hydrogen) atoms. The summed E-state index contributed by atoms with van der Waals surface area (Å²) in [5.74, 6) is 1.62. The van der Waals surface area contributed by atoms with Gasteiger partial charge in [-0.25, -0.2) is 0 Å². The fourth-order valence-electron chi connectivity index (χ4n) is 2.41. The van der Waals surface area contributed by atoms with Gasteiger partial charge in [-0.1, -0.05) is 24.3 Å². The van der Waals surface area contributed by atoms with E-state index in [0.29, 0.717) is 11.5 Å². The van der Waals surface area contributed by atoms with Gasteiger partial charge in [0.25, 0.3) is 0 Å². The molecule has 3 aromatic rings. The largest absolute Gasteiger partial charge is 0.507 e. The Morgan fingerprint density at radius 1 is 0.789 bits per heavy atom. The summed E-state index contributed by atoms with van der Waals surface area (Å²) < 4.78 is 10.6. The molecule has 1 N–H and O–H groups in total. The van der Waals surface area contributed by atoms with Crippen molar-refractivity contribution < 1.29 is 14.6 Å². The van der Waals surface area contributed by atoms with Gasteiger partial charge in [0.2, 0.25) is 0 Å². The second-order valence-electron chi connectivity index (χ2n) is 4.37. The molecule has 3 heteroatoms. The molecule has 0 atom stereocenters. The van der Waals surface area contributed by atoms with E-state index in [1.807, 2.05) is 36.4 Å². The molecule has 0 spiro atoms. The van der Waals surface area contributed by atoms with E-state index >= 15 is 0 Å². The first kappa shape index (κ1) is 11.7. The van der Waals surface area contributed by atoms with Gasteiger partial charge in [0.15, 0.2) is 11.5 Å². The molecule has 0 aliphatic heterocycles. The second-order valence-corrected chi connectivity index (χ2v) is 4.37. The van der Waals surface area contributed by atoms with Crippen LogP contribution in [-0.2, 0) is 0 Å². The molecule has 0 heterocycles. The third-order valence-electron chi connectivity index (χ3n) is 3.34. The highest BCUT2D eigenvalue weighted by Gasteiger charge is 2.10. The van der Waals surface area contributed by atoms with Gasteiger partial charge in [0.05, 0.1) is 14.2 Å². The number of benzene rings is 3. The smallest absolute Gasteiger partial charge is 0.161 e. The number of ether oxygens (including phenoxy) is 2. The van der Waals surface area contributed by atoms with Crippen molar-refractivity contribution in [3.05, 3.63) is 42.5 Å². The van der Waals surface area contributed by atoms with Crippen molar-refractivity contribution >= 4 is 21.5 Å². The molecular weight excluding hydrogens is 240 g/mol. The Morgan fingerprint density at radius 2 is 1.42 bits per heavy atom. The summed E-state index contributed by atoms with van der Waals surface area (Å²) in [6, 6.07) is 13.3. The number of fused-ring (bicyclic) bond motifs is 3. The van der Waals surface area contributed by atoms with Gasteiger partial charge in [-0.15, -0.1) is 0 Å². The standard InChI is InChI=1S/C16H14O3/c1-18-15-8-10-7-14(17)12-6-4-3-5-11(12)13(10)9-16(15)19-2/h3-9,17H,1-2H3. The zero-order chi connectivity index (χ0) is 13.4. The summed E-state index contributed by atoms with van der Waals surface area (Å²) >= 11 is 0. The minimum absolute atomic E-state index is 0.273. The lowest BCUT2D eigenvalue weighted by Gasteiger charge is -2.11. The normalized spacial score (nSPS) is 10.8. The number of hydrogen-bond acceptors (Lipinski definition) is 3. The van der Waals surface area contributed by atoms with Crippen LogP contribution in [0.1, 0.15) is 0 Å². The molecule has 0 aliphatic carbocycles. The van der Waals surface area contributed by atoms with Gasteiger partial charge < -0.3 is 14.6 Å². The molecule has 3 aromatic carbocycles. The van der Waals surface area contributed by atoms with E-state index in [-0.39, 0.29) is 5.75 Å². The Labute approximate surface area is 111 Å². The minimum Gasteiger partial charge on any atom is -0.507 e. The average Bonchev–Trinajstić information content (AvgIpc) is 2.46. The molecule has 0 fully saturated rings. The van der Waals surface area contributed by atoms with Gasteiger partial charge >= 0.3 is 0 Å². The summed E-state index contributed by atoms with van der Waals surface area (Å²) in [6.07, 6.45) is 0. The minimum atomic E-state index is 0.273. The van der Waals surface area contributed by atoms with Crippen molar-refractivity contribution in [1.29, 1.82) is 0 Å². The van der Waals surface area contributed by atoms with Gasteiger partial charge in [0, 0.05) is 5.39 Å². The Morgan fingerprint density at radius 3 is 2.11 bits per heavy atom. The van der Waals surface area contributed by atoms with Crippen molar-refractivity contribution in [2.75, 3.05) is 14.2 Å². The first-order chi connectivity index (χ1) is 9.24. The number of methoxy groups -OCH3 is 2. The van der Waals surface area contributed by atoms with Crippen LogP contribution >= 0.6 is 0 Å². The molecule has 3 rings (SSSR count). The highest BCUT2D eigenvalue weighted by molar-refractivity contribution is 6.11.